The van der Waals surface area contributed by atoms with Gasteiger partial charge in [0, 0.05) is 6.54 Å². The molecule has 0 saturated carbocycles. The maximum atomic E-state index is 3.11. The van der Waals surface area contributed by atoms with E-state index in [0.29, 0.717) is 0 Å². The number of likely N-dealkylation sites (N-methyl/N-ethyl adjacent to an activating group) is 1. The Bertz CT molecular complexity index is 84.6. The van der Waals surface area contributed by atoms with Crippen LogP contribution in [0.2, 0.25) is 0 Å². The SMILES string of the molecule is CCC/C=C(/C)CNC. The number of rotatable bonds is 4. The van der Waals surface area contributed by atoms with Crippen molar-refractivity contribution in [2.75, 3.05) is 13.6 Å². The second-order valence-electron chi connectivity index (χ2n) is 2.37. The first-order chi connectivity index (χ1) is 4.31. The number of hydrogen-bond donors (Lipinski definition) is 1. The van der Waals surface area contributed by atoms with Gasteiger partial charge in [-0.15, -0.1) is 0 Å². The van der Waals surface area contributed by atoms with E-state index in [0.717, 1.165) is 6.54 Å². The molecule has 0 saturated heterocycles. The second-order valence-corrected chi connectivity index (χ2v) is 2.37. The van der Waals surface area contributed by atoms with Crippen molar-refractivity contribution in [3.05, 3.63) is 11.6 Å². The van der Waals surface area contributed by atoms with Gasteiger partial charge in [-0.05, 0) is 20.4 Å². The average Bonchev–Trinajstić information content (AvgIpc) is 1.85. The zero-order valence-electron chi connectivity index (χ0n) is 6.70. The molecule has 0 amide bonds. The number of hydrogen-bond acceptors (Lipinski definition) is 1. The Morgan fingerprint density at radius 1 is 1.56 bits per heavy atom. The van der Waals surface area contributed by atoms with E-state index in [2.05, 4.69) is 25.2 Å². The van der Waals surface area contributed by atoms with Gasteiger partial charge >= 0.3 is 0 Å². The summed E-state index contributed by atoms with van der Waals surface area (Å²) in [5, 5.41) is 3.11. The van der Waals surface area contributed by atoms with E-state index in [1.165, 1.54) is 18.4 Å². The van der Waals surface area contributed by atoms with Gasteiger partial charge in [0.05, 0.1) is 0 Å². The van der Waals surface area contributed by atoms with E-state index in [9.17, 15) is 0 Å². The van der Waals surface area contributed by atoms with E-state index in [1.807, 2.05) is 7.05 Å². The van der Waals surface area contributed by atoms with Gasteiger partial charge in [-0.2, -0.15) is 0 Å². The molecule has 0 unspecified atom stereocenters. The number of nitrogens with one attached hydrogen (secondary N) is 1. The van der Waals surface area contributed by atoms with Crippen LogP contribution in [-0.2, 0) is 0 Å². The highest BCUT2D eigenvalue weighted by molar-refractivity contribution is 4.99. The fourth-order valence-corrected chi connectivity index (χ4v) is 0.742. The first-order valence-corrected chi connectivity index (χ1v) is 3.61. The van der Waals surface area contributed by atoms with Crippen molar-refractivity contribution >= 4 is 0 Å². The minimum Gasteiger partial charge on any atom is -0.316 e. The van der Waals surface area contributed by atoms with Crippen molar-refractivity contribution < 1.29 is 0 Å². The van der Waals surface area contributed by atoms with E-state index in [4.69, 9.17) is 0 Å². The van der Waals surface area contributed by atoms with Crippen LogP contribution in [0.3, 0.4) is 0 Å². The third-order valence-corrected chi connectivity index (χ3v) is 1.24. The lowest BCUT2D eigenvalue weighted by atomic mass is 10.2. The van der Waals surface area contributed by atoms with Crippen LogP contribution < -0.4 is 5.32 Å². The summed E-state index contributed by atoms with van der Waals surface area (Å²) in [7, 11) is 1.98. The lowest BCUT2D eigenvalue weighted by molar-refractivity contribution is 0.861. The molecular formula is C8H17N. The second kappa shape index (κ2) is 5.83. The Kier molecular flexibility index (Phi) is 5.64. The highest BCUT2D eigenvalue weighted by Gasteiger charge is 1.83. The molecule has 0 aromatic rings. The maximum Gasteiger partial charge on any atom is 0.0158 e. The van der Waals surface area contributed by atoms with E-state index >= 15 is 0 Å². The number of allylic oxidation sites excluding steroid dienone is 1. The molecule has 0 radical (unpaired) electrons. The van der Waals surface area contributed by atoms with Crippen LogP contribution in [0.25, 0.3) is 0 Å². The minimum absolute atomic E-state index is 1.03. The Labute approximate surface area is 58.2 Å². The molecule has 0 aliphatic rings. The third kappa shape index (κ3) is 5.57. The van der Waals surface area contributed by atoms with Crippen LogP contribution in [0.4, 0.5) is 0 Å². The van der Waals surface area contributed by atoms with Crippen LogP contribution in [0.5, 0.6) is 0 Å². The lowest BCUT2D eigenvalue weighted by Gasteiger charge is -1.96. The van der Waals surface area contributed by atoms with Crippen LogP contribution >= 0.6 is 0 Å². The highest BCUT2D eigenvalue weighted by atomic mass is 14.8. The Balaban J connectivity index is 3.30. The molecule has 0 fully saturated rings. The van der Waals surface area contributed by atoms with Gasteiger partial charge in [-0.25, -0.2) is 0 Å². The van der Waals surface area contributed by atoms with Crippen molar-refractivity contribution in [1.29, 1.82) is 0 Å². The molecule has 0 rings (SSSR count). The van der Waals surface area contributed by atoms with Crippen molar-refractivity contribution in [1.82, 2.24) is 5.32 Å². The summed E-state index contributed by atoms with van der Waals surface area (Å²) in [5.41, 5.74) is 1.44. The molecule has 0 aliphatic heterocycles. The highest BCUT2D eigenvalue weighted by Crippen LogP contribution is 1.95. The number of unbranched alkanes of at least 4 members (excludes halogenated alkanes) is 1. The summed E-state index contributed by atoms with van der Waals surface area (Å²) >= 11 is 0. The molecule has 0 bridgehead atoms. The van der Waals surface area contributed by atoms with Gasteiger partial charge in [0.15, 0.2) is 0 Å². The fourth-order valence-electron chi connectivity index (χ4n) is 0.742. The Morgan fingerprint density at radius 2 is 2.22 bits per heavy atom. The molecule has 9 heavy (non-hydrogen) atoms. The molecule has 1 N–H and O–H groups in total. The molecule has 1 nitrogen and oxygen atoms in total. The smallest absolute Gasteiger partial charge is 0.0158 e. The van der Waals surface area contributed by atoms with Gasteiger partial charge in [0.1, 0.15) is 0 Å². The van der Waals surface area contributed by atoms with E-state index in [1.54, 1.807) is 0 Å². The summed E-state index contributed by atoms with van der Waals surface area (Å²) < 4.78 is 0. The Morgan fingerprint density at radius 3 is 2.67 bits per heavy atom. The van der Waals surface area contributed by atoms with Crippen molar-refractivity contribution in [2.45, 2.75) is 26.7 Å². The van der Waals surface area contributed by atoms with Gasteiger partial charge in [0.25, 0.3) is 0 Å². The predicted molar refractivity (Wildman–Crippen MR) is 42.6 cm³/mol. The first kappa shape index (κ1) is 8.70. The molecule has 1 heteroatoms. The molecule has 0 spiro atoms. The van der Waals surface area contributed by atoms with Crippen LogP contribution in [0, 0.1) is 0 Å². The topological polar surface area (TPSA) is 12.0 Å². The molecular weight excluding hydrogens is 110 g/mol. The lowest BCUT2D eigenvalue weighted by Crippen LogP contribution is -2.08. The Hall–Kier alpha value is -0.300. The van der Waals surface area contributed by atoms with Crippen LogP contribution in [-0.4, -0.2) is 13.6 Å². The summed E-state index contributed by atoms with van der Waals surface area (Å²) in [4.78, 5) is 0. The molecule has 0 heterocycles. The minimum atomic E-state index is 1.03. The summed E-state index contributed by atoms with van der Waals surface area (Å²) in [6, 6.07) is 0. The molecule has 0 atom stereocenters. The fraction of sp³-hybridized carbons (Fsp3) is 0.750. The standard InChI is InChI=1S/C8H17N/c1-4-5-6-8(2)7-9-3/h6,9H,4-5,7H2,1-3H3/b8-6-. The average molecular weight is 127 g/mol. The van der Waals surface area contributed by atoms with Gasteiger partial charge in [-0.3, -0.25) is 0 Å². The zero-order valence-corrected chi connectivity index (χ0v) is 6.70. The molecule has 54 valence electrons. The van der Waals surface area contributed by atoms with Crippen LogP contribution in [0.15, 0.2) is 11.6 Å². The quantitative estimate of drug-likeness (QED) is 0.569. The summed E-state index contributed by atoms with van der Waals surface area (Å²) in [5.74, 6) is 0. The normalized spacial score (nSPS) is 12.1. The van der Waals surface area contributed by atoms with Gasteiger partial charge < -0.3 is 5.32 Å². The summed E-state index contributed by atoms with van der Waals surface area (Å²) in [6.07, 6.45) is 4.76. The molecule has 0 aromatic heterocycles. The van der Waals surface area contributed by atoms with Gasteiger partial charge in [0.2, 0.25) is 0 Å². The third-order valence-electron chi connectivity index (χ3n) is 1.24. The monoisotopic (exact) mass is 127 g/mol. The predicted octanol–water partition coefficient (Wildman–Crippen LogP) is 1.95. The van der Waals surface area contributed by atoms with Crippen molar-refractivity contribution in [3.63, 3.8) is 0 Å². The molecule has 0 aromatic carbocycles. The van der Waals surface area contributed by atoms with Gasteiger partial charge in [-0.1, -0.05) is 25.0 Å². The van der Waals surface area contributed by atoms with E-state index in [-0.39, 0.29) is 0 Å². The first-order valence-electron chi connectivity index (χ1n) is 3.61. The van der Waals surface area contributed by atoms with Crippen molar-refractivity contribution in [3.8, 4) is 0 Å². The van der Waals surface area contributed by atoms with Crippen LogP contribution in [0.1, 0.15) is 26.7 Å². The summed E-state index contributed by atoms with van der Waals surface area (Å²) in [6.45, 7) is 5.38. The zero-order chi connectivity index (χ0) is 7.11. The maximum absolute atomic E-state index is 3.11. The van der Waals surface area contributed by atoms with Crippen molar-refractivity contribution in [2.24, 2.45) is 0 Å². The molecule has 0 aliphatic carbocycles. The van der Waals surface area contributed by atoms with E-state index < -0.39 is 0 Å². The largest absolute Gasteiger partial charge is 0.316 e.